The SMILES string of the molecule is CC(COCCO)NCCCS(=O)(=O)O. The summed E-state index contributed by atoms with van der Waals surface area (Å²) in [6, 6.07) is 0.0953. The number of hydrogen-bond acceptors (Lipinski definition) is 5. The fourth-order valence-electron chi connectivity index (χ4n) is 0.987. The third kappa shape index (κ3) is 11.7. The zero-order chi connectivity index (χ0) is 11.7. The summed E-state index contributed by atoms with van der Waals surface area (Å²) in [6.45, 7) is 3.16. The Labute approximate surface area is 90.4 Å². The average molecular weight is 241 g/mol. The minimum atomic E-state index is -3.85. The van der Waals surface area contributed by atoms with Crippen molar-refractivity contribution in [3.63, 3.8) is 0 Å². The molecule has 0 fully saturated rings. The Kier molecular flexibility index (Phi) is 7.89. The zero-order valence-electron chi connectivity index (χ0n) is 8.85. The highest BCUT2D eigenvalue weighted by Crippen LogP contribution is 1.89. The smallest absolute Gasteiger partial charge is 0.264 e. The molecule has 0 aliphatic rings. The lowest BCUT2D eigenvalue weighted by Gasteiger charge is -2.13. The molecule has 0 aromatic heterocycles. The quantitative estimate of drug-likeness (QED) is 0.363. The first-order valence-corrected chi connectivity index (χ1v) is 6.44. The second-order valence-corrected chi connectivity index (χ2v) is 4.87. The number of aliphatic hydroxyl groups is 1. The number of rotatable bonds is 9. The van der Waals surface area contributed by atoms with Crippen LogP contribution in [0.15, 0.2) is 0 Å². The molecule has 3 N–H and O–H groups in total. The fourth-order valence-corrected chi connectivity index (χ4v) is 1.50. The predicted octanol–water partition coefficient (Wildman–Crippen LogP) is -0.749. The van der Waals surface area contributed by atoms with Crippen molar-refractivity contribution in [2.75, 3.05) is 32.1 Å². The van der Waals surface area contributed by atoms with Gasteiger partial charge in [0, 0.05) is 6.04 Å². The third-order valence-electron chi connectivity index (χ3n) is 1.68. The van der Waals surface area contributed by atoms with Crippen LogP contribution in [0.1, 0.15) is 13.3 Å². The third-order valence-corrected chi connectivity index (χ3v) is 2.48. The summed E-state index contributed by atoms with van der Waals surface area (Å²) >= 11 is 0. The van der Waals surface area contributed by atoms with Crippen molar-refractivity contribution in [2.45, 2.75) is 19.4 Å². The number of nitrogens with one attached hydrogen (secondary N) is 1. The van der Waals surface area contributed by atoms with Crippen LogP contribution in [-0.4, -0.2) is 56.2 Å². The molecule has 0 rings (SSSR count). The van der Waals surface area contributed by atoms with Crippen LogP contribution in [-0.2, 0) is 14.9 Å². The summed E-state index contributed by atoms with van der Waals surface area (Å²) in [5.41, 5.74) is 0. The molecular weight excluding hydrogens is 222 g/mol. The Balaban J connectivity index is 3.35. The molecule has 0 heterocycles. The summed E-state index contributed by atoms with van der Waals surface area (Å²) in [7, 11) is -3.85. The van der Waals surface area contributed by atoms with Crippen LogP contribution in [0.25, 0.3) is 0 Å². The van der Waals surface area contributed by atoms with Gasteiger partial charge in [-0.3, -0.25) is 4.55 Å². The van der Waals surface area contributed by atoms with Crippen molar-refractivity contribution in [3.05, 3.63) is 0 Å². The van der Waals surface area contributed by atoms with E-state index in [-0.39, 0.29) is 18.4 Å². The van der Waals surface area contributed by atoms with Crippen LogP contribution in [0.3, 0.4) is 0 Å². The van der Waals surface area contributed by atoms with Gasteiger partial charge in [0.15, 0.2) is 0 Å². The summed E-state index contributed by atoms with van der Waals surface area (Å²) < 4.78 is 34.2. The Bertz CT molecular complexity index is 241. The predicted molar refractivity (Wildman–Crippen MR) is 56.4 cm³/mol. The molecule has 0 amide bonds. The standard InChI is InChI=1S/C8H19NO5S/c1-8(7-14-5-4-10)9-3-2-6-15(11,12)13/h8-10H,2-7H2,1H3,(H,11,12,13). The molecule has 0 aromatic carbocycles. The van der Waals surface area contributed by atoms with E-state index in [1.165, 1.54) is 0 Å². The van der Waals surface area contributed by atoms with Gasteiger partial charge in [-0.1, -0.05) is 0 Å². The van der Waals surface area contributed by atoms with Crippen LogP contribution < -0.4 is 5.32 Å². The van der Waals surface area contributed by atoms with Crippen molar-refractivity contribution in [2.24, 2.45) is 0 Å². The molecule has 0 saturated carbocycles. The van der Waals surface area contributed by atoms with E-state index in [1.807, 2.05) is 6.92 Å². The van der Waals surface area contributed by atoms with E-state index in [4.69, 9.17) is 14.4 Å². The van der Waals surface area contributed by atoms with Gasteiger partial charge in [-0.05, 0) is 19.9 Å². The highest BCUT2D eigenvalue weighted by Gasteiger charge is 2.05. The second-order valence-electron chi connectivity index (χ2n) is 3.29. The second kappa shape index (κ2) is 8.00. The molecular formula is C8H19NO5S. The Hall–Kier alpha value is -0.210. The van der Waals surface area contributed by atoms with Crippen LogP contribution in [0.4, 0.5) is 0 Å². The minimum absolute atomic E-state index is 0.00449. The Morgan fingerprint density at radius 3 is 2.67 bits per heavy atom. The van der Waals surface area contributed by atoms with Gasteiger partial charge in [0.05, 0.1) is 25.6 Å². The Morgan fingerprint density at radius 2 is 2.13 bits per heavy atom. The van der Waals surface area contributed by atoms with E-state index in [2.05, 4.69) is 5.32 Å². The lowest BCUT2D eigenvalue weighted by molar-refractivity contribution is 0.0798. The molecule has 15 heavy (non-hydrogen) atoms. The molecule has 0 aliphatic heterocycles. The molecule has 0 aliphatic carbocycles. The zero-order valence-corrected chi connectivity index (χ0v) is 9.66. The molecule has 0 bridgehead atoms. The van der Waals surface area contributed by atoms with Crippen molar-refractivity contribution < 1.29 is 22.8 Å². The molecule has 6 nitrogen and oxygen atoms in total. The summed E-state index contributed by atoms with van der Waals surface area (Å²) in [5.74, 6) is -0.232. The summed E-state index contributed by atoms with van der Waals surface area (Å²) in [4.78, 5) is 0. The topological polar surface area (TPSA) is 95.9 Å². The van der Waals surface area contributed by atoms with E-state index >= 15 is 0 Å². The van der Waals surface area contributed by atoms with Crippen LogP contribution in [0.2, 0.25) is 0 Å². The molecule has 0 aromatic rings. The van der Waals surface area contributed by atoms with Crippen molar-refractivity contribution in [1.82, 2.24) is 5.32 Å². The molecule has 0 saturated heterocycles. The lowest BCUT2D eigenvalue weighted by Crippen LogP contribution is -2.32. The largest absolute Gasteiger partial charge is 0.394 e. The first kappa shape index (κ1) is 14.8. The first-order valence-electron chi connectivity index (χ1n) is 4.83. The molecule has 7 heteroatoms. The maximum Gasteiger partial charge on any atom is 0.264 e. The van der Waals surface area contributed by atoms with Gasteiger partial charge in [-0.2, -0.15) is 8.42 Å². The maximum atomic E-state index is 10.4. The Morgan fingerprint density at radius 1 is 1.47 bits per heavy atom. The van der Waals surface area contributed by atoms with Gasteiger partial charge >= 0.3 is 0 Å². The van der Waals surface area contributed by atoms with Gasteiger partial charge in [-0.25, -0.2) is 0 Å². The lowest BCUT2D eigenvalue weighted by atomic mass is 10.3. The fraction of sp³-hybridized carbons (Fsp3) is 1.00. The van der Waals surface area contributed by atoms with Gasteiger partial charge in [0.25, 0.3) is 10.1 Å². The number of ether oxygens (including phenoxy) is 1. The van der Waals surface area contributed by atoms with E-state index in [0.717, 1.165) is 0 Å². The van der Waals surface area contributed by atoms with E-state index in [1.54, 1.807) is 0 Å². The highest BCUT2D eigenvalue weighted by molar-refractivity contribution is 7.85. The molecule has 0 spiro atoms. The molecule has 92 valence electrons. The van der Waals surface area contributed by atoms with Crippen LogP contribution in [0, 0.1) is 0 Å². The monoisotopic (exact) mass is 241 g/mol. The summed E-state index contributed by atoms with van der Waals surface area (Å²) in [5, 5.41) is 11.5. The molecule has 1 unspecified atom stereocenters. The van der Waals surface area contributed by atoms with Gasteiger partial charge in [0.2, 0.25) is 0 Å². The van der Waals surface area contributed by atoms with E-state index in [0.29, 0.717) is 26.2 Å². The van der Waals surface area contributed by atoms with Crippen LogP contribution in [0.5, 0.6) is 0 Å². The maximum absolute atomic E-state index is 10.4. The molecule has 1 atom stereocenters. The van der Waals surface area contributed by atoms with Crippen molar-refractivity contribution >= 4 is 10.1 Å². The minimum Gasteiger partial charge on any atom is -0.394 e. The highest BCUT2D eigenvalue weighted by atomic mass is 32.2. The van der Waals surface area contributed by atoms with Gasteiger partial charge in [0.1, 0.15) is 0 Å². The average Bonchev–Trinajstić information content (AvgIpc) is 2.11. The van der Waals surface area contributed by atoms with E-state index in [9.17, 15) is 8.42 Å². The van der Waals surface area contributed by atoms with Crippen LogP contribution >= 0.6 is 0 Å². The molecule has 0 radical (unpaired) electrons. The van der Waals surface area contributed by atoms with Gasteiger partial charge in [-0.15, -0.1) is 0 Å². The first-order chi connectivity index (χ1) is 6.95. The van der Waals surface area contributed by atoms with E-state index < -0.39 is 10.1 Å². The number of hydrogen-bond donors (Lipinski definition) is 3. The van der Waals surface area contributed by atoms with Crippen molar-refractivity contribution in [1.29, 1.82) is 0 Å². The van der Waals surface area contributed by atoms with Crippen molar-refractivity contribution in [3.8, 4) is 0 Å². The number of aliphatic hydroxyl groups excluding tert-OH is 1. The summed E-state index contributed by atoms with van der Waals surface area (Å²) in [6.07, 6.45) is 0.364. The van der Waals surface area contributed by atoms with Gasteiger partial charge < -0.3 is 15.2 Å². The normalized spacial score (nSPS) is 14.1.